The molecule has 0 spiro atoms. The maximum Gasteiger partial charge on any atom is 0.243 e. The molecule has 9 heteroatoms. The zero-order valence-corrected chi connectivity index (χ0v) is 16.4. The van der Waals surface area contributed by atoms with Gasteiger partial charge >= 0.3 is 0 Å². The van der Waals surface area contributed by atoms with Crippen molar-refractivity contribution in [2.24, 2.45) is 0 Å². The lowest BCUT2D eigenvalue weighted by molar-refractivity contribution is -0.122. The molecule has 4 heterocycles. The van der Waals surface area contributed by atoms with Crippen molar-refractivity contribution >= 4 is 38.3 Å². The largest absolute Gasteiger partial charge is 0.467 e. The van der Waals surface area contributed by atoms with Crippen molar-refractivity contribution in [3.8, 4) is 0 Å². The number of rotatable bonds is 6. The Morgan fingerprint density at radius 3 is 3.15 bits per heavy atom. The van der Waals surface area contributed by atoms with Crippen molar-refractivity contribution in [2.45, 2.75) is 32.0 Å². The zero-order chi connectivity index (χ0) is 17.9. The molecule has 1 unspecified atom stereocenters. The minimum atomic E-state index is -0.178. The van der Waals surface area contributed by atoms with E-state index in [0.29, 0.717) is 13.1 Å². The summed E-state index contributed by atoms with van der Waals surface area (Å²) in [5, 5.41) is 8.12. The van der Waals surface area contributed by atoms with E-state index < -0.39 is 0 Å². The Kier molecular flexibility index (Phi) is 5.07. The fourth-order valence-electron chi connectivity index (χ4n) is 3.06. The highest BCUT2D eigenvalue weighted by Gasteiger charge is 2.32. The van der Waals surface area contributed by atoms with Crippen LogP contribution in [0.2, 0.25) is 0 Å². The molecule has 4 rings (SSSR count). The Bertz CT molecular complexity index is 875. The van der Waals surface area contributed by atoms with Gasteiger partial charge in [-0.25, -0.2) is 4.98 Å². The summed E-state index contributed by atoms with van der Waals surface area (Å²) in [4.78, 5) is 20.3. The summed E-state index contributed by atoms with van der Waals surface area (Å²) in [7, 11) is 0. The first-order valence-corrected chi connectivity index (χ1v) is 9.99. The van der Waals surface area contributed by atoms with Crippen LogP contribution in [0.15, 0.2) is 45.9 Å². The van der Waals surface area contributed by atoms with Gasteiger partial charge in [0.15, 0.2) is 5.13 Å². The van der Waals surface area contributed by atoms with Gasteiger partial charge in [-0.1, -0.05) is 11.3 Å². The van der Waals surface area contributed by atoms with E-state index in [1.54, 1.807) is 23.8 Å². The van der Waals surface area contributed by atoms with Gasteiger partial charge in [-0.2, -0.15) is 5.10 Å². The number of aromatic nitrogens is 3. The van der Waals surface area contributed by atoms with E-state index >= 15 is 0 Å². The standard InChI is InChI=1S/C17H18BrN5O2S/c18-12-7-21-22(10-12)11-14-9-20-17(26-14)23-5-1-4-15(23)16(24)19-8-13-3-2-6-25-13/h2-3,6-7,9-10,15H,1,4-5,8,11H2,(H,19,24). The lowest BCUT2D eigenvalue weighted by atomic mass is 10.2. The number of carbonyl (C=O) groups is 1. The number of nitrogens with one attached hydrogen (secondary N) is 1. The quantitative estimate of drug-likeness (QED) is 0.643. The average molecular weight is 436 g/mol. The van der Waals surface area contributed by atoms with Crippen LogP contribution in [0.5, 0.6) is 0 Å². The summed E-state index contributed by atoms with van der Waals surface area (Å²) in [6.07, 6.45) is 9.00. The summed E-state index contributed by atoms with van der Waals surface area (Å²) in [6, 6.07) is 3.49. The smallest absolute Gasteiger partial charge is 0.243 e. The Morgan fingerprint density at radius 2 is 2.38 bits per heavy atom. The molecule has 26 heavy (non-hydrogen) atoms. The first-order chi connectivity index (χ1) is 12.7. The molecule has 1 aliphatic heterocycles. The van der Waals surface area contributed by atoms with Gasteiger partial charge in [-0.15, -0.1) is 0 Å². The molecule has 1 N–H and O–H groups in total. The number of carbonyl (C=O) groups excluding carboxylic acids is 1. The lowest BCUT2D eigenvalue weighted by Gasteiger charge is -2.22. The number of nitrogens with zero attached hydrogens (tertiary/aromatic N) is 4. The third-order valence-electron chi connectivity index (χ3n) is 4.28. The molecular weight excluding hydrogens is 418 g/mol. The minimum absolute atomic E-state index is 0.0201. The van der Waals surface area contributed by atoms with Crippen molar-refractivity contribution in [1.82, 2.24) is 20.1 Å². The van der Waals surface area contributed by atoms with Crippen LogP contribution in [0, 0.1) is 0 Å². The minimum Gasteiger partial charge on any atom is -0.467 e. The van der Waals surface area contributed by atoms with Gasteiger partial charge in [0.05, 0.1) is 30.0 Å². The molecule has 3 aromatic heterocycles. The second-order valence-corrected chi connectivity index (χ2v) is 8.12. The number of anilines is 1. The van der Waals surface area contributed by atoms with E-state index in [1.165, 1.54) is 0 Å². The predicted octanol–water partition coefficient (Wildman–Crippen LogP) is 3.03. The van der Waals surface area contributed by atoms with Crippen LogP contribution in [0.4, 0.5) is 5.13 Å². The van der Waals surface area contributed by atoms with Gasteiger partial charge < -0.3 is 14.6 Å². The highest BCUT2D eigenvalue weighted by Crippen LogP contribution is 2.30. The van der Waals surface area contributed by atoms with Crippen LogP contribution in [-0.2, 0) is 17.9 Å². The molecule has 1 aliphatic rings. The number of hydrogen-bond acceptors (Lipinski definition) is 6. The molecule has 0 radical (unpaired) electrons. The van der Waals surface area contributed by atoms with Gasteiger partial charge in [0.25, 0.3) is 0 Å². The van der Waals surface area contributed by atoms with Crippen LogP contribution in [-0.4, -0.2) is 33.3 Å². The zero-order valence-electron chi connectivity index (χ0n) is 14.0. The Labute approximate surface area is 163 Å². The molecular formula is C17H18BrN5O2S. The lowest BCUT2D eigenvalue weighted by Crippen LogP contribution is -2.43. The van der Waals surface area contributed by atoms with E-state index in [9.17, 15) is 4.79 Å². The molecule has 7 nitrogen and oxygen atoms in total. The van der Waals surface area contributed by atoms with Crippen LogP contribution in [0.1, 0.15) is 23.5 Å². The number of thiazole rings is 1. The second-order valence-electron chi connectivity index (χ2n) is 6.11. The van der Waals surface area contributed by atoms with Crippen molar-refractivity contribution in [3.63, 3.8) is 0 Å². The van der Waals surface area contributed by atoms with E-state index in [1.807, 2.05) is 29.2 Å². The number of halogens is 1. The summed E-state index contributed by atoms with van der Waals surface area (Å²) >= 11 is 5.01. The fourth-order valence-corrected chi connectivity index (χ4v) is 4.37. The van der Waals surface area contributed by atoms with Crippen molar-refractivity contribution in [2.75, 3.05) is 11.4 Å². The Balaban J connectivity index is 1.40. The van der Waals surface area contributed by atoms with E-state index in [4.69, 9.17) is 4.42 Å². The molecule has 3 aromatic rings. The van der Waals surface area contributed by atoms with Gasteiger partial charge in [0, 0.05) is 23.8 Å². The molecule has 1 amide bonds. The van der Waals surface area contributed by atoms with Crippen molar-refractivity contribution in [1.29, 1.82) is 0 Å². The molecule has 1 saturated heterocycles. The molecule has 136 valence electrons. The van der Waals surface area contributed by atoms with Crippen LogP contribution >= 0.6 is 27.3 Å². The first-order valence-electron chi connectivity index (χ1n) is 8.38. The summed E-state index contributed by atoms with van der Waals surface area (Å²) < 4.78 is 8.08. The Hall–Kier alpha value is -2.13. The SMILES string of the molecule is O=C(NCc1ccco1)C1CCCN1c1ncc(Cn2cc(Br)cn2)s1. The van der Waals surface area contributed by atoms with Crippen LogP contribution in [0.3, 0.4) is 0 Å². The van der Waals surface area contributed by atoms with Crippen LogP contribution < -0.4 is 10.2 Å². The molecule has 0 aromatic carbocycles. The van der Waals surface area contributed by atoms with Gasteiger partial charge in [0.1, 0.15) is 11.8 Å². The number of furan rings is 1. The first kappa shape index (κ1) is 17.3. The van der Waals surface area contributed by atoms with E-state index in [0.717, 1.165) is 39.6 Å². The van der Waals surface area contributed by atoms with E-state index in [-0.39, 0.29) is 11.9 Å². The normalized spacial score (nSPS) is 17.0. The van der Waals surface area contributed by atoms with Crippen molar-refractivity contribution in [3.05, 3.63) is 52.1 Å². The molecule has 1 fully saturated rings. The monoisotopic (exact) mass is 435 g/mol. The Morgan fingerprint density at radius 1 is 1.46 bits per heavy atom. The number of amides is 1. The van der Waals surface area contributed by atoms with Gasteiger partial charge in [-0.05, 0) is 40.9 Å². The van der Waals surface area contributed by atoms with Crippen molar-refractivity contribution < 1.29 is 9.21 Å². The average Bonchev–Trinajstić information content (AvgIpc) is 3.41. The molecule has 0 bridgehead atoms. The highest BCUT2D eigenvalue weighted by atomic mass is 79.9. The third kappa shape index (κ3) is 3.83. The summed E-state index contributed by atoms with van der Waals surface area (Å²) in [5.41, 5.74) is 0. The molecule has 0 aliphatic carbocycles. The predicted molar refractivity (Wildman–Crippen MR) is 102 cm³/mol. The molecule has 1 atom stereocenters. The van der Waals surface area contributed by atoms with Crippen LogP contribution in [0.25, 0.3) is 0 Å². The van der Waals surface area contributed by atoms with Gasteiger partial charge in [0.2, 0.25) is 5.91 Å². The topological polar surface area (TPSA) is 76.2 Å². The third-order valence-corrected chi connectivity index (χ3v) is 5.71. The van der Waals surface area contributed by atoms with Gasteiger partial charge in [-0.3, -0.25) is 9.48 Å². The molecule has 0 saturated carbocycles. The summed E-state index contributed by atoms with van der Waals surface area (Å²) in [5.74, 6) is 0.775. The fraction of sp³-hybridized carbons (Fsp3) is 0.353. The maximum absolute atomic E-state index is 12.6. The summed E-state index contributed by atoms with van der Waals surface area (Å²) in [6.45, 7) is 1.93. The maximum atomic E-state index is 12.6. The van der Waals surface area contributed by atoms with E-state index in [2.05, 4.69) is 36.2 Å². The highest BCUT2D eigenvalue weighted by molar-refractivity contribution is 9.10. The number of hydrogen-bond donors (Lipinski definition) is 1. The second kappa shape index (κ2) is 7.63.